The fourth-order valence-electron chi connectivity index (χ4n) is 1.69. The lowest BCUT2D eigenvalue weighted by atomic mass is 10.1. The smallest absolute Gasteiger partial charge is 0.327 e. The Labute approximate surface area is 109 Å². The van der Waals surface area contributed by atoms with E-state index in [0.29, 0.717) is 23.4 Å². The molecule has 1 aromatic heterocycles. The van der Waals surface area contributed by atoms with Gasteiger partial charge in [0.15, 0.2) is 0 Å². The second-order valence-corrected chi connectivity index (χ2v) is 3.97. The topological polar surface area (TPSA) is 70.1 Å². The molecule has 2 N–H and O–H groups in total. The van der Waals surface area contributed by atoms with E-state index >= 15 is 0 Å². The number of benzene rings is 1. The zero-order valence-electron chi connectivity index (χ0n) is 10.5. The largest absolute Gasteiger partial charge is 0.465 e. The maximum Gasteiger partial charge on any atom is 0.327 e. The number of ether oxygens (including phenoxy) is 1. The molecule has 0 atom stereocenters. The summed E-state index contributed by atoms with van der Waals surface area (Å²) in [6.45, 7) is 2.06. The average Bonchev–Trinajstić information content (AvgIpc) is 2.77. The van der Waals surface area contributed by atoms with Gasteiger partial charge >= 0.3 is 5.97 Å². The number of aromatic nitrogens is 2. The summed E-state index contributed by atoms with van der Waals surface area (Å²) < 4.78 is 19.9. The van der Waals surface area contributed by atoms with Gasteiger partial charge in [-0.05, 0) is 25.1 Å². The van der Waals surface area contributed by atoms with Crippen LogP contribution >= 0.6 is 0 Å². The normalized spacial score (nSPS) is 10.4. The number of hydrogen-bond acceptors (Lipinski definition) is 4. The van der Waals surface area contributed by atoms with Crippen LogP contribution in [0.5, 0.6) is 0 Å². The second-order valence-electron chi connectivity index (χ2n) is 3.97. The van der Waals surface area contributed by atoms with Gasteiger partial charge in [-0.1, -0.05) is 0 Å². The van der Waals surface area contributed by atoms with Crippen molar-refractivity contribution in [1.29, 1.82) is 0 Å². The van der Waals surface area contributed by atoms with E-state index in [9.17, 15) is 9.18 Å². The quantitative estimate of drug-likeness (QED) is 0.675. The molecule has 0 saturated carbocycles. The van der Waals surface area contributed by atoms with Crippen molar-refractivity contribution in [2.75, 3.05) is 12.3 Å². The lowest BCUT2D eigenvalue weighted by molar-refractivity contribution is -0.144. The van der Waals surface area contributed by atoms with Crippen LogP contribution in [0.15, 0.2) is 30.6 Å². The summed E-state index contributed by atoms with van der Waals surface area (Å²) in [6.07, 6.45) is 3.08. The number of rotatable bonds is 4. The Hall–Kier alpha value is -2.37. The number of nitrogen functional groups attached to an aromatic ring is 1. The van der Waals surface area contributed by atoms with Crippen molar-refractivity contribution < 1.29 is 13.9 Å². The minimum atomic E-state index is -0.421. The van der Waals surface area contributed by atoms with Crippen molar-refractivity contribution in [2.24, 2.45) is 0 Å². The molecule has 0 bridgehead atoms. The maximum absolute atomic E-state index is 13.7. The Morgan fingerprint density at radius 3 is 3.00 bits per heavy atom. The van der Waals surface area contributed by atoms with Gasteiger partial charge in [-0.15, -0.1) is 0 Å². The van der Waals surface area contributed by atoms with Crippen LogP contribution in [0.1, 0.15) is 6.92 Å². The lowest BCUT2D eigenvalue weighted by Crippen LogP contribution is -2.13. The van der Waals surface area contributed by atoms with E-state index in [1.165, 1.54) is 16.9 Å². The molecular formula is C13H14FN3O2. The highest BCUT2D eigenvalue weighted by Crippen LogP contribution is 2.23. The molecule has 2 rings (SSSR count). The number of esters is 1. The van der Waals surface area contributed by atoms with Crippen LogP contribution in [-0.2, 0) is 16.1 Å². The first-order chi connectivity index (χ1) is 9.10. The Balaban J connectivity index is 2.18. The molecular weight excluding hydrogens is 249 g/mol. The Kier molecular flexibility index (Phi) is 3.79. The fraction of sp³-hybridized carbons (Fsp3) is 0.231. The van der Waals surface area contributed by atoms with Gasteiger partial charge < -0.3 is 10.5 Å². The van der Waals surface area contributed by atoms with E-state index in [1.807, 2.05) is 0 Å². The van der Waals surface area contributed by atoms with Crippen LogP contribution < -0.4 is 5.73 Å². The molecule has 0 fully saturated rings. The van der Waals surface area contributed by atoms with Gasteiger partial charge in [0.25, 0.3) is 0 Å². The highest BCUT2D eigenvalue weighted by atomic mass is 19.1. The predicted molar refractivity (Wildman–Crippen MR) is 68.7 cm³/mol. The van der Waals surface area contributed by atoms with Crippen LogP contribution in [0.3, 0.4) is 0 Å². The Bertz CT molecular complexity index is 595. The fourth-order valence-corrected chi connectivity index (χ4v) is 1.69. The van der Waals surface area contributed by atoms with Gasteiger partial charge in [0.1, 0.15) is 12.4 Å². The van der Waals surface area contributed by atoms with Gasteiger partial charge in [0.2, 0.25) is 0 Å². The van der Waals surface area contributed by atoms with E-state index in [2.05, 4.69) is 5.10 Å². The standard InChI is InChI=1S/C13H14FN3O2/c1-2-19-13(18)8-17-7-9(6-16-17)11-4-3-10(15)5-12(11)14/h3-7H,2,8,15H2,1H3. The molecule has 6 heteroatoms. The SMILES string of the molecule is CCOC(=O)Cn1cc(-c2ccc(N)cc2F)cn1. The molecule has 0 radical (unpaired) electrons. The Morgan fingerprint density at radius 2 is 2.32 bits per heavy atom. The molecule has 0 amide bonds. The molecule has 0 aliphatic rings. The molecule has 0 saturated heterocycles. The monoisotopic (exact) mass is 263 g/mol. The van der Waals surface area contributed by atoms with Crippen LogP contribution in [0, 0.1) is 5.82 Å². The van der Waals surface area contributed by atoms with Crippen molar-refractivity contribution >= 4 is 11.7 Å². The number of anilines is 1. The van der Waals surface area contributed by atoms with Gasteiger partial charge in [0, 0.05) is 23.0 Å². The van der Waals surface area contributed by atoms with Gasteiger partial charge in [0.05, 0.1) is 12.8 Å². The third-order valence-corrected chi connectivity index (χ3v) is 2.53. The van der Waals surface area contributed by atoms with E-state index in [0.717, 1.165) is 0 Å². The van der Waals surface area contributed by atoms with Gasteiger partial charge in [-0.3, -0.25) is 9.48 Å². The van der Waals surface area contributed by atoms with Crippen LogP contribution in [-0.4, -0.2) is 22.4 Å². The number of carbonyl (C=O) groups excluding carboxylic acids is 1. The molecule has 0 spiro atoms. The zero-order chi connectivity index (χ0) is 13.8. The van der Waals surface area contributed by atoms with E-state index < -0.39 is 5.82 Å². The lowest BCUT2D eigenvalue weighted by Gasteiger charge is -2.02. The van der Waals surface area contributed by atoms with E-state index in [-0.39, 0.29) is 12.5 Å². The number of halogens is 1. The highest BCUT2D eigenvalue weighted by molar-refractivity contribution is 5.70. The van der Waals surface area contributed by atoms with Crippen molar-refractivity contribution in [3.8, 4) is 11.1 Å². The molecule has 19 heavy (non-hydrogen) atoms. The van der Waals surface area contributed by atoms with Crippen molar-refractivity contribution in [2.45, 2.75) is 13.5 Å². The number of nitrogens with two attached hydrogens (primary N) is 1. The molecule has 1 aromatic carbocycles. The summed E-state index contributed by atoms with van der Waals surface area (Å²) in [5.41, 5.74) is 6.83. The number of hydrogen-bond donors (Lipinski definition) is 1. The minimum Gasteiger partial charge on any atom is -0.465 e. The van der Waals surface area contributed by atoms with Crippen LogP contribution in [0.2, 0.25) is 0 Å². The molecule has 0 unspecified atom stereocenters. The summed E-state index contributed by atoms with van der Waals surface area (Å²) in [4.78, 5) is 11.3. The number of carbonyl (C=O) groups is 1. The maximum atomic E-state index is 13.7. The number of nitrogens with zero attached hydrogens (tertiary/aromatic N) is 2. The predicted octanol–water partition coefficient (Wildman–Crippen LogP) is 1.83. The summed E-state index contributed by atoms with van der Waals surface area (Å²) in [6, 6.07) is 4.44. The molecule has 5 nitrogen and oxygen atoms in total. The Morgan fingerprint density at radius 1 is 1.53 bits per heavy atom. The zero-order valence-corrected chi connectivity index (χ0v) is 10.5. The molecule has 0 aliphatic heterocycles. The van der Waals surface area contributed by atoms with E-state index in [4.69, 9.17) is 10.5 Å². The first-order valence-electron chi connectivity index (χ1n) is 5.83. The average molecular weight is 263 g/mol. The van der Waals surface area contributed by atoms with Gasteiger partial charge in [-0.2, -0.15) is 5.10 Å². The molecule has 100 valence electrons. The van der Waals surface area contributed by atoms with Crippen LogP contribution in [0.4, 0.5) is 10.1 Å². The molecule has 0 aliphatic carbocycles. The summed E-state index contributed by atoms with van der Waals surface area (Å²) in [5, 5.41) is 4.00. The van der Waals surface area contributed by atoms with Crippen molar-refractivity contribution in [1.82, 2.24) is 9.78 Å². The van der Waals surface area contributed by atoms with Crippen molar-refractivity contribution in [3.63, 3.8) is 0 Å². The van der Waals surface area contributed by atoms with Crippen molar-refractivity contribution in [3.05, 3.63) is 36.4 Å². The third-order valence-electron chi connectivity index (χ3n) is 2.53. The first-order valence-corrected chi connectivity index (χ1v) is 5.83. The molecule has 2 aromatic rings. The summed E-state index contributed by atoms with van der Waals surface area (Å²) >= 11 is 0. The summed E-state index contributed by atoms with van der Waals surface area (Å²) in [5.74, 6) is -0.800. The minimum absolute atomic E-state index is 0.00440. The summed E-state index contributed by atoms with van der Waals surface area (Å²) in [7, 11) is 0. The third kappa shape index (κ3) is 3.09. The van der Waals surface area contributed by atoms with E-state index in [1.54, 1.807) is 25.3 Å². The molecule has 1 heterocycles. The highest BCUT2D eigenvalue weighted by Gasteiger charge is 2.10. The van der Waals surface area contributed by atoms with Gasteiger partial charge in [-0.25, -0.2) is 4.39 Å². The first kappa shape index (κ1) is 13.1. The second kappa shape index (κ2) is 5.51. The van der Waals surface area contributed by atoms with Crippen LogP contribution in [0.25, 0.3) is 11.1 Å².